The van der Waals surface area contributed by atoms with Crippen LogP contribution >= 0.6 is 15.9 Å². The predicted molar refractivity (Wildman–Crippen MR) is 136 cm³/mol. The summed E-state index contributed by atoms with van der Waals surface area (Å²) in [6.07, 6.45) is 1.11. The normalized spacial score (nSPS) is 13.0. The molecule has 0 aliphatic heterocycles. The molecular weight excluding hydrogens is 536 g/mol. The van der Waals surface area contributed by atoms with Crippen molar-refractivity contribution in [1.29, 1.82) is 0 Å². The van der Waals surface area contributed by atoms with Gasteiger partial charge in [-0.2, -0.15) is 4.98 Å². The molecule has 2 N–H and O–H groups in total. The summed E-state index contributed by atoms with van der Waals surface area (Å²) in [5, 5.41) is 4.03. The first-order valence-electron chi connectivity index (χ1n) is 10.7. The van der Waals surface area contributed by atoms with Gasteiger partial charge in [0.25, 0.3) is 5.89 Å². The molecule has 35 heavy (non-hydrogen) atoms. The van der Waals surface area contributed by atoms with E-state index >= 15 is 0 Å². The number of rotatable bonds is 8. The van der Waals surface area contributed by atoms with Crippen LogP contribution in [0.25, 0.3) is 11.5 Å². The summed E-state index contributed by atoms with van der Waals surface area (Å²) in [7, 11) is -3.43. The van der Waals surface area contributed by atoms with Crippen molar-refractivity contribution in [3.63, 3.8) is 0 Å². The number of aliphatic imine (C=N–C) groups is 1. The number of allylic oxidation sites excluding steroid dienone is 1. The molecule has 0 saturated heterocycles. The minimum absolute atomic E-state index is 0.0439. The van der Waals surface area contributed by atoms with Crippen LogP contribution in [0.15, 0.2) is 73.1 Å². The van der Waals surface area contributed by atoms with Gasteiger partial charge >= 0.3 is 5.97 Å². The number of halogens is 1. The number of hydrogen-bond donors (Lipinski definition) is 1. The number of aromatic nitrogens is 2. The molecule has 0 radical (unpaired) electrons. The molecule has 0 fully saturated rings. The van der Waals surface area contributed by atoms with Gasteiger partial charge in [-0.1, -0.05) is 43.3 Å². The number of ether oxygens (including phenoxy) is 1. The lowest BCUT2D eigenvalue weighted by atomic mass is 10.0. The number of sulfone groups is 1. The van der Waals surface area contributed by atoms with Gasteiger partial charge in [-0.3, -0.25) is 0 Å². The smallest absolute Gasteiger partial charge is 0.355 e. The Morgan fingerprint density at radius 3 is 2.57 bits per heavy atom. The van der Waals surface area contributed by atoms with E-state index in [1.807, 2.05) is 38.1 Å². The number of esters is 1. The van der Waals surface area contributed by atoms with E-state index in [2.05, 4.69) is 26.1 Å². The van der Waals surface area contributed by atoms with Gasteiger partial charge in [-0.15, -0.1) is 0 Å². The van der Waals surface area contributed by atoms with Gasteiger partial charge in [0.2, 0.25) is 5.82 Å². The molecule has 184 valence electrons. The van der Waals surface area contributed by atoms with E-state index in [-0.39, 0.29) is 45.0 Å². The number of benzene rings is 2. The third-order valence-corrected chi connectivity index (χ3v) is 6.79. The van der Waals surface area contributed by atoms with Gasteiger partial charge in [-0.25, -0.2) is 18.2 Å². The van der Waals surface area contributed by atoms with E-state index in [1.54, 1.807) is 19.1 Å². The van der Waals surface area contributed by atoms with Gasteiger partial charge in [-0.05, 0) is 58.6 Å². The first kappa shape index (κ1) is 26.3. The molecule has 11 heteroatoms. The first-order valence-corrected chi connectivity index (χ1v) is 13.4. The van der Waals surface area contributed by atoms with Crippen LogP contribution in [0.2, 0.25) is 0 Å². The zero-order chi connectivity index (χ0) is 25.8. The summed E-state index contributed by atoms with van der Waals surface area (Å²) in [6.45, 7) is 5.88. The Bertz CT molecular complexity index is 1410. The highest BCUT2D eigenvalue weighted by Crippen LogP contribution is 2.30. The molecule has 0 saturated carbocycles. The number of nitrogens with zero attached hydrogens (tertiary/aromatic N) is 3. The molecular formula is C24H25BrN4O5S. The first-order chi connectivity index (χ1) is 16.5. The van der Waals surface area contributed by atoms with E-state index in [0.29, 0.717) is 11.3 Å². The summed E-state index contributed by atoms with van der Waals surface area (Å²) >= 11 is 3.36. The zero-order valence-corrected chi connectivity index (χ0v) is 22.1. The Kier molecular flexibility index (Phi) is 8.23. The molecule has 0 aliphatic carbocycles. The third-order valence-electron chi connectivity index (χ3n) is 4.88. The van der Waals surface area contributed by atoms with E-state index in [4.69, 9.17) is 20.0 Å². The van der Waals surface area contributed by atoms with Crippen LogP contribution in [0, 0.1) is 0 Å². The average molecular weight is 561 g/mol. The van der Waals surface area contributed by atoms with Crippen LogP contribution < -0.4 is 5.73 Å². The maximum absolute atomic E-state index is 12.3. The highest BCUT2D eigenvalue weighted by molar-refractivity contribution is 9.12. The molecule has 2 aromatic carbocycles. The highest BCUT2D eigenvalue weighted by atomic mass is 79.9. The van der Waals surface area contributed by atoms with Crippen molar-refractivity contribution in [2.24, 2.45) is 10.7 Å². The highest BCUT2D eigenvalue weighted by Gasteiger charge is 2.23. The van der Waals surface area contributed by atoms with Gasteiger partial charge in [0, 0.05) is 11.8 Å². The van der Waals surface area contributed by atoms with E-state index in [9.17, 15) is 13.2 Å². The van der Waals surface area contributed by atoms with Crippen LogP contribution in [0.3, 0.4) is 0 Å². The maximum atomic E-state index is 12.3. The minimum atomic E-state index is -3.43. The van der Waals surface area contributed by atoms with Crippen LogP contribution in [0.4, 0.5) is 5.69 Å². The van der Waals surface area contributed by atoms with Crippen LogP contribution in [-0.4, -0.2) is 43.1 Å². The lowest BCUT2D eigenvalue weighted by Gasteiger charge is -2.11. The summed E-state index contributed by atoms with van der Waals surface area (Å²) in [6, 6.07) is 13.7. The van der Waals surface area contributed by atoms with Gasteiger partial charge in [0.05, 0.1) is 21.7 Å². The van der Waals surface area contributed by atoms with Crippen molar-refractivity contribution < 1.29 is 22.5 Å². The Balaban J connectivity index is 2.18. The molecule has 3 rings (SSSR count). The second-order valence-electron chi connectivity index (χ2n) is 7.85. The van der Waals surface area contributed by atoms with Gasteiger partial charge in [0.1, 0.15) is 11.4 Å². The second kappa shape index (κ2) is 11.0. The number of para-hydroxylation sites is 1. The van der Waals surface area contributed by atoms with Crippen molar-refractivity contribution in [2.45, 2.75) is 31.6 Å². The quantitative estimate of drug-likeness (QED) is 0.241. The topological polar surface area (TPSA) is 138 Å². The number of nitrogens with two attached hydrogens (primary N) is 1. The van der Waals surface area contributed by atoms with E-state index in [1.165, 1.54) is 12.1 Å². The fourth-order valence-corrected chi connectivity index (χ4v) is 4.21. The Morgan fingerprint density at radius 2 is 1.91 bits per heavy atom. The standard InChI is InChI=1S/C24H25BrN4O5S/c1-5-33-24(30)20(26)19(25)21(27-18-12-7-6-11-17(18)14(2)3)22-28-23(34-29-22)15-9-8-10-16(13-15)35(4,31)32/h6-14H,5,26H2,1-4H3/b20-19+,27-21?. The molecule has 0 aliphatic rings. The fourth-order valence-electron chi connectivity index (χ4n) is 3.12. The Hall–Kier alpha value is -3.31. The van der Waals surface area contributed by atoms with Crippen LogP contribution in [-0.2, 0) is 19.4 Å². The molecule has 0 atom stereocenters. The van der Waals surface area contributed by atoms with Crippen LogP contribution in [0.1, 0.15) is 38.1 Å². The largest absolute Gasteiger partial charge is 0.461 e. The van der Waals surface area contributed by atoms with Crippen molar-refractivity contribution in [2.75, 3.05) is 12.9 Å². The summed E-state index contributed by atoms with van der Waals surface area (Å²) in [5.74, 6) is -0.442. The van der Waals surface area contributed by atoms with Crippen molar-refractivity contribution in [3.8, 4) is 11.5 Å². The molecule has 1 heterocycles. The molecule has 3 aromatic rings. The van der Waals surface area contributed by atoms with Gasteiger partial charge in [0.15, 0.2) is 9.84 Å². The minimum Gasteiger partial charge on any atom is -0.461 e. The molecule has 1 aromatic heterocycles. The van der Waals surface area contributed by atoms with E-state index < -0.39 is 15.8 Å². The molecule has 0 unspecified atom stereocenters. The SMILES string of the molecule is CCOC(=O)/C(N)=C(\Br)C(=Nc1ccccc1C(C)C)c1noc(-c2cccc(S(C)(=O)=O)c2)n1. The van der Waals surface area contributed by atoms with Crippen molar-refractivity contribution in [1.82, 2.24) is 10.1 Å². The lowest BCUT2D eigenvalue weighted by molar-refractivity contribution is -0.138. The van der Waals surface area contributed by atoms with Crippen molar-refractivity contribution in [3.05, 3.63) is 70.1 Å². The Morgan fingerprint density at radius 1 is 1.20 bits per heavy atom. The predicted octanol–water partition coefficient (Wildman–Crippen LogP) is 4.51. The van der Waals surface area contributed by atoms with E-state index in [0.717, 1.165) is 11.8 Å². The zero-order valence-electron chi connectivity index (χ0n) is 19.6. The third kappa shape index (κ3) is 6.23. The number of hydrogen-bond acceptors (Lipinski definition) is 9. The monoisotopic (exact) mass is 560 g/mol. The van der Waals surface area contributed by atoms with Gasteiger partial charge < -0.3 is 15.0 Å². The number of carbonyl (C=O) groups is 1. The second-order valence-corrected chi connectivity index (χ2v) is 10.7. The summed E-state index contributed by atoms with van der Waals surface area (Å²) in [4.78, 5) is 21.5. The van der Waals surface area contributed by atoms with Crippen LogP contribution in [0.5, 0.6) is 0 Å². The fraction of sp³-hybridized carbons (Fsp3) is 0.250. The Labute approximate surface area is 212 Å². The van der Waals surface area contributed by atoms with Crippen molar-refractivity contribution >= 4 is 43.1 Å². The average Bonchev–Trinajstić information content (AvgIpc) is 3.31. The summed E-state index contributed by atoms with van der Waals surface area (Å²) in [5.41, 5.74) is 8.00. The lowest BCUT2D eigenvalue weighted by Crippen LogP contribution is -2.19. The molecule has 0 spiro atoms. The number of carbonyl (C=O) groups excluding carboxylic acids is 1. The molecule has 9 nitrogen and oxygen atoms in total. The molecule has 0 amide bonds. The maximum Gasteiger partial charge on any atom is 0.355 e. The molecule has 0 bridgehead atoms. The summed E-state index contributed by atoms with van der Waals surface area (Å²) < 4.78 is 34.5.